The molecule has 0 bridgehead atoms. The minimum atomic E-state index is -3.25. The lowest BCUT2D eigenvalue weighted by Crippen LogP contribution is -2.41. The number of aliphatic hydroxyl groups excluding tert-OH is 2. The van der Waals surface area contributed by atoms with Gasteiger partial charge in [-0.25, -0.2) is 0 Å². The van der Waals surface area contributed by atoms with Gasteiger partial charge < -0.3 is 15.3 Å². The van der Waals surface area contributed by atoms with E-state index in [-0.39, 0.29) is 17.3 Å². The standard InChI is InChI=1S/C27H42F2O3/c1-17(12-14-27(28,29)25(3,4)32)21-10-11-22-20(7-6-13-26(21,22)5)9-8-19-15-23(30)18(2)24(31)16-19/h8-9,12,14,17-18,21-24,30-32H,6-7,10-11,13,15-16H2,1-5H3/b14-12+,19-8?,20-9+/t17-,18?,21?,22?,23+,24+,26+/m0/s1. The van der Waals surface area contributed by atoms with Gasteiger partial charge in [-0.1, -0.05) is 50.1 Å². The summed E-state index contributed by atoms with van der Waals surface area (Å²) < 4.78 is 28.5. The van der Waals surface area contributed by atoms with Crippen LogP contribution < -0.4 is 0 Å². The Bertz CT molecular complexity index is 749. The number of halogens is 2. The van der Waals surface area contributed by atoms with Gasteiger partial charge in [0.1, 0.15) is 5.60 Å². The zero-order chi connectivity index (χ0) is 23.9. The normalized spacial score (nSPS) is 38.9. The second-order valence-corrected chi connectivity index (χ2v) is 11.5. The molecule has 182 valence electrons. The van der Waals surface area contributed by atoms with Crippen molar-refractivity contribution in [2.24, 2.45) is 29.1 Å². The van der Waals surface area contributed by atoms with E-state index in [2.05, 4.69) is 19.1 Å². The van der Waals surface area contributed by atoms with E-state index < -0.39 is 23.7 Å². The summed E-state index contributed by atoms with van der Waals surface area (Å²) in [5, 5.41) is 30.2. The van der Waals surface area contributed by atoms with Gasteiger partial charge in [0.25, 0.3) is 5.92 Å². The molecule has 0 saturated heterocycles. The summed E-state index contributed by atoms with van der Waals surface area (Å²) in [6.45, 7) is 8.53. The van der Waals surface area contributed by atoms with Gasteiger partial charge in [-0.3, -0.25) is 0 Å². The smallest absolute Gasteiger partial charge is 0.293 e. The van der Waals surface area contributed by atoms with E-state index in [0.29, 0.717) is 24.7 Å². The first-order valence-corrected chi connectivity index (χ1v) is 12.3. The first-order chi connectivity index (χ1) is 14.8. The molecule has 3 saturated carbocycles. The highest BCUT2D eigenvalue weighted by Crippen LogP contribution is 2.59. The average Bonchev–Trinajstić information content (AvgIpc) is 3.05. The third-order valence-electron chi connectivity index (χ3n) is 8.79. The Morgan fingerprint density at radius 3 is 2.31 bits per heavy atom. The molecule has 3 nitrogen and oxygen atoms in total. The Kier molecular flexibility index (Phi) is 7.44. The maximum atomic E-state index is 14.2. The van der Waals surface area contributed by atoms with Crippen LogP contribution in [0.25, 0.3) is 0 Å². The van der Waals surface area contributed by atoms with Gasteiger partial charge in [0.2, 0.25) is 0 Å². The fourth-order valence-electron chi connectivity index (χ4n) is 6.36. The largest absolute Gasteiger partial charge is 0.392 e. The van der Waals surface area contributed by atoms with Crippen LogP contribution in [0.3, 0.4) is 0 Å². The molecule has 0 aromatic rings. The van der Waals surface area contributed by atoms with E-state index >= 15 is 0 Å². The number of hydrogen-bond acceptors (Lipinski definition) is 3. The molecule has 0 aromatic heterocycles. The van der Waals surface area contributed by atoms with Crippen LogP contribution in [-0.2, 0) is 0 Å². The van der Waals surface area contributed by atoms with E-state index in [4.69, 9.17) is 0 Å². The molecule has 0 aromatic carbocycles. The zero-order valence-electron chi connectivity index (χ0n) is 20.3. The minimum Gasteiger partial charge on any atom is -0.392 e. The minimum absolute atomic E-state index is 0.0149. The van der Waals surface area contributed by atoms with Crippen molar-refractivity contribution in [1.29, 1.82) is 0 Å². The summed E-state index contributed by atoms with van der Waals surface area (Å²) in [5.41, 5.74) is 0.533. The lowest BCUT2D eigenvalue weighted by Gasteiger charge is -2.44. The molecule has 0 amide bonds. The van der Waals surface area contributed by atoms with E-state index in [0.717, 1.165) is 57.6 Å². The first kappa shape index (κ1) is 25.6. The quantitative estimate of drug-likeness (QED) is 0.462. The monoisotopic (exact) mass is 452 g/mol. The Morgan fingerprint density at radius 1 is 1.09 bits per heavy atom. The van der Waals surface area contributed by atoms with Crippen molar-refractivity contribution in [2.75, 3.05) is 0 Å². The van der Waals surface area contributed by atoms with Crippen LogP contribution in [0.2, 0.25) is 0 Å². The SMILES string of the molecule is CC1[C@H](O)CC(=C/C=C2\CCC[C@@]3(C)C2CCC3[C@@H](C)/C=C/C(F)(F)C(C)(C)O)C[C@H]1O. The topological polar surface area (TPSA) is 60.7 Å². The van der Waals surface area contributed by atoms with E-state index in [1.165, 1.54) is 5.57 Å². The molecule has 32 heavy (non-hydrogen) atoms. The van der Waals surface area contributed by atoms with Gasteiger partial charge in [0.05, 0.1) is 12.2 Å². The van der Waals surface area contributed by atoms with Crippen LogP contribution in [-0.4, -0.2) is 39.1 Å². The molecule has 0 aliphatic heterocycles. The second-order valence-electron chi connectivity index (χ2n) is 11.5. The Balaban J connectivity index is 1.75. The molecule has 3 N–H and O–H groups in total. The highest BCUT2D eigenvalue weighted by molar-refractivity contribution is 5.26. The number of allylic oxidation sites excluding steroid dienone is 4. The molecule has 0 spiro atoms. The predicted octanol–water partition coefficient (Wildman–Crippen LogP) is 5.81. The number of hydrogen-bond donors (Lipinski definition) is 3. The van der Waals surface area contributed by atoms with E-state index in [1.807, 2.05) is 13.8 Å². The summed E-state index contributed by atoms with van der Waals surface area (Å²) in [4.78, 5) is 0. The fourth-order valence-corrected chi connectivity index (χ4v) is 6.36. The molecule has 2 unspecified atom stereocenters. The van der Waals surface area contributed by atoms with Crippen LogP contribution >= 0.6 is 0 Å². The maximum Gasteiger partial charge on any atom is 0.293 e. The van der Waals surface area contributed by atoms with Gasteiger partial charge in [0.15, 0.2) is 0 Å². The van der Waals surface area contributed by atoms with Gasteiger partial charge >= 0.3 is 0 Å². The Labute approximate surface area is 192 Å². The zero-order valence-corrected chi connectivity index (χ0v) is 20.3. The summed E-state index contributed by atoms with van der Waals surface area (Å²) in [6.07, 6.45) is 12.4. The predicted molar refractivity (Wildman–Crippen MR) is 124 cm³/mol. The van der Waals surface area contributed by atoms with Crippen molar-refractivity contribution in [2.45, 2.75) is 103 Å². The highest BCUT2D eigenvalue weighted by atomic mass is 19.3. The van der Waals surface area contributed by atoms with Crippen molar-refractivity contribution >= 4 is 0 Å². The molecule has 0 radical (unpaired) electrons. The second kappa shape index (κ2) is 9.31. The van der Waals surface area contributed by atoms with E-state index in [9.17, 15) is 24.1 Å². The van der Waals surface area contributed by atoms with Crippen molar-refractivity contribution < 1.29 is 24.1 Å². The lowest BCUT2D eigenvalue weighted by molar-refractivity contribution is -0.127. The fraction of sp³-hybridized carbons (Fsp3) is 0.778. The third kappa shape index (κ3) is 5.05. The molecule has 3 aliphatic rings. The Morgan fingerprint density at radius 2 is 1.72 bits per heavy atom. The lowest BCUT2D eigenvalue weighted by atomic mass is 9.61. The molecule has 3 rings (SSSR count). The molecule has 6 atom stereocenters. The van der Waals surface area contributed by atoms with Crippen LogP contribution in [0.5, 0.6) is 0 Å². The average molecular weight is 453 g/mol. The first-order valence-electron chi connectivity index (χ1n) is 12.3. The number of fused-ring (bicyclic) bond motifs is 1. The Hall–Kier alpha value is -1.04. The molecule has 3 fully saturated rings. The van der Waals surface area contributed by atoms with Gasteiger partial charge in [-0.05, 0) is 88.0 Å². The maximum absolute atomic E-state index is 14.2. The summed E-state index contributed by atoms with van der Waals surface area (Å²) in [6, 6.07) is 0. The van der Waals surface area contributed by atoms with Crippen molar-refractivity contribution in [3.63, 3.8) is 0 Å². The summed E-state index contributed by atoms with van der Waals surface area (Å²) >= 11 is 0. The molecular formula is C27H42F2O3. The van der Waals surface area contributed by atoms with E-state index in [1.54, 1.807) is 6.08 Å². The van der Waals surface area contributed by atoms with Crippen molar-refractivity contribution in [3.8, 4) is 0 Å². The van der Waals surface area contributed by atoms with Crippen LogP contribution in [0.4, 0.5) is 8.78 Å². The van der Waals surface area contributed by atoms with Crippen molar-refractivity contribution in [3.05, 3.63) is 35.5 Å². The molecule has 3 aliphatic carbocycles. The molecular weight excluding hydrogens is 410 g/mol. The van der Waals surface area contributed by atoms with Crippen LogP contribution in [0.1, 0.15) is 79.6 Å². The number of alkyl halides is 2. The molecule has 0 heterocycles. The van der Waals surface area contributed by atoms with Crippen LogP contribution in [0.15, 0.2) is 35.5 Å². The van der Waals surface area contributed by atoms with Crippen molar-refractivity contribution in [1.82, 2.24) is 0 Å². The van der Waals surface area contributed by atoms with Gasteiger partial charge in [0, 0.05) is 5.92 Å². The van der Waals surface area contributed by atoms with Crippen LogP contribution in [0, 0.1) is 29.1 Å². The summed E-state index contributed by atoms with van der Waals surface area (Å²) in [5.74, 6) is -2.55. The molecule has 5 heteroatoms. The van der Waals surface area contributed by atoms with Gasteiger partial charge in [-0.2, -0.15) is 8.78 Å². The number of aliphatic hydroxyl groups is 3. The third-order valence-corrected chi connectivity index (χ3v) is 8.79. The number of rotatable bonds is 5. The highest BCUT2D eigenvalue weighted by Gasteiger charge is 2.50. The summed E-state index contributed by atoms with van der Waals surface area (Å²) in [7, 11) is 0. The van der Waals surface area contributed by atoms with Gasteiger partial charge in [-0.15, -0.1) is 0 Å².